The van der Waals surface area contributed by atoms with Gasteiger partial charge in [0.05, 0.1) is 27.6 Å². The van der Waals surface area contributed by atoms with E-state index in [1.165, 1.54) is 26.1 Å². The number of ether oxygens (including phenoxy) is 1. The standard InChI is InChI=1S/C18H19ClFN3O5S/c1-18(2,25)10-22-16(24)11-7-15-17(21-9-11)28-6-5-23(15)29(26,27)12-3-4-14(20)13(19)8-12/h3-4,7-9,25H,5-6,10H2,1-2H3,(H,22,24). The zero-order chi connectivity index (χ0) is 21.4. The summed E-state index contributed by atoms with van der Waals surface area (Å²) in [5, 5.41) is 12.0. The highest BCUT2D eigenvalue weighted by molar-refractivity contribution is 7.92. The Morgan fingerprint density at radius 2 is 2.14 bits per heavy atom. The van der Waals surface area contributed by atoms with E-state index in [1.807, 2.05) is 0 Å². The summed E-state index contributed by atoms with van der Waals surface area (Å²) in [4.78, 5) is 16.2. The fourth-order valence-electron chi connectivity index (χ4n) is 2.61. The molecule has 29 heavy (non-hydrogen) atoms. The van der Waals surface area contributed by atoms with Crippen LogP contribution in [0.1, 0.15) is 24.2 Å². The van der Waals surface area contributed by atoms with E-state index in [0.29, 0.717) is 0 Å². The Morgan fingerprint density at radius 3 is 2.79 bits per heavy atom. The van der Waals surface area contributed by atoms with Crippen LogP contribution < -0.4 is 14.4 Å². The van der Waals surface area contributed by atoms with Gasteiger partial charge in [-0.05, 0) is 38.1 Å². The number of rotatable bonds is 5. The lowest BCUT2D eigenvalue weighted by molar-refractivity contribution is 0.0694. The number of hydrogen-bond donors (Lipinski definition) is 2. The zero-order valence-electron chi connectivity index (χ0n) is 15.6. The van der Waals surface area contributed by atoms with Gasteiger partial charge in [-0.2, -0.15) is 0 Å². The second-order valence-electron chi connectivity index (χ2n) is 7.04. The highest BCUT2D eigenvalue weighted by atomic mass is 35.5. The maximum Gasteiger partial charge on any atom is 0.264 e. The Morgan fingerprint density at radius 1 is 1.41 bits per heavy atom. The van der Waals surface area contributed by atoms with Gasteiger partial charge in [0.15, 0.2) is 0 Å². The van der Waals surface area contributed by atoms with Crippen molar-refractivity contribution in [3.05, 3.63) is 46.9 Å². The third-order valence-corrected chi connectivity index (χ3v) is 6.16. The Labute approximate surface area is 172 Å². The summed E-state index contributed by atoms with van der Waals surface area (Å²) >= 11 is 5.73. The molecule has 0 aliphatic carbocycles. The van der Waals surface area contributed by atoms with E-state index in [2.05, 4.69) is 10.3 Å². The van der Waals surface area contributed by atoms with Crippen molar-refractivity contribution < 1.29 is 27.4 Å². The fourth-order valence-corrected chi connectivity index (χ4v) is 4.32. The molecule has 11 heteroatoms. The minimum atomic E-state index is -4.10. The first-order chi connectivity index (χ1) is 13.5. The van der Waals surface area contributed by atoms with Crippen LogP contribution in [0, 0.1) is 5.82 Å². The number of benzene rings is 1. The second kappa shape index (κ2) is 7.77. The minimum Gasteiger partial charge on any atom is -0.474 e. The summed E-state index contributed by atoms with van der Waals surface area (Å²) in [5.41, 5.74) is -0.944. The van der Waals surface area contributed by atoms with Gasteiger partial charge in [0, 0.05) is 12.7 Å². The molecule has 1 aromatic carbocycles. The van der Waals surface area contributed by atoms with Gasteiger partial charge in [-0.25, -0.2) is 17.8 Å². The number of anilines is 1. The van der Waals surface area contributed by atoms with E-state index in [9.17, 15) is 22.7 Å². The molecule has 2 aromatic rings. The molecule has 0 bridgehead atoms. The topological polar surface area (TPSA) is 109 Å². The molecule has 1 aliphatic heterocycles. The lowest BCUT2D eigenvalue weighted by Gasteiger charge is -2.30. The van der Waals surface area contributed by atoms with Crippen LogP contribution in [0.25, 0.3) is 0 Å². The molecule has 0 saturated carbocycles. The summed E-state index contributed by atoms with van der Waals surface area (Å²) in [6, 6.07) is 4.44. The van der Waals surface area contributed by atoms with Crippen molar-refractivity contribution >= 4 is 33.2 Å². The molecule has 2 heterocycles. The maximum atomic E-state index is 13.4. The highest BCUT2D eigenvalue weighted by Gasteiger charge is 2.32. The van der Waals surface area contributed by atoms with Gasteiger partial charge in [-0.3, -0.25) is 9.10 Å². The number of fused-ring (bicyclic) bond motifs is 1. The van der Waals surface area contributed by atoms with Gasteiger partial charge in [-0.15, -0.1) is 0 Å². The molecule has 0 fully saturated rings. The first-order valence-electron chi connectivity index (χ1n) is 8.60. The molecule has 156 valence electrons. The first kappa shape index (κ1) is 21.3. The van der Waals surface area contributed by atoms with Crippen LogP contribution in [-0.2, 0) is 10.0 Å². The number of halogens is 2. The van der Waals surface area contributed by atoms with Gasteiger partial charge >= 0.3 is 0 Å². The maximum absolute atomic E-state index is 13.4. The van der Waals surface area contributed by atoms with Crippen LogP contribution >= 0.6 is 11.6 Å². The molecule has 0 saturated heterocycles. The molecule has 0 unspecified atom stereocenters. The smallest absolute Gasteiger partial charge is 0.264 e. The number of amides is 1. The molecule has 3 rings (SSSR count). The largest absolute Gasteiger partial charge is 0.474 e. The van der Waals surface area contributed by atoms with E-state index in [0.717, 1.165) is 22.5 Å². The molecular formula is C18H19ClFN3O5S. The number of carbonyl (C=O) groups is 1. The van der Waals surface area contributed by atoms with E-state index in [1.54, 1.807) is 0 Å². The summed E-state index contributed by atoms with van der Waals surface area (Å²) in [5.74, 6) is -1.22. The number of nitrogens with one attached hydrogen (secondary N) is 1. The van der Waals surface area contributed by atoms with Crippen molar-refractivity contribution in [2.75, 3.05) is 24.0 Å². The zero-order valence-corrected chi connectivity index (χ0v) is 17.2. The average Bonchev–Trinajstić information content (AvgIpc) is 2.66. The van der Waals surface area contributed by atoms with Crippen molar-refractivity contribution in [2.45, 2.75) is 24.3 Å². The quantitative estimate of drug-likeness (QED) is 0.731. The molecule has 1 aliphatic rings. The van der Waals surface area contributed by atoms with E-state index >= 15 is 0 Å². The SMILES string of the molecule is CC(C)(O)CNC(=O)c1cnc2c(c1)N(S(=O)(=O)c1ccc(F)c(Cl)c1)CCO2. The molecule has 1 amide bonds. The number of aliphatic hydroxyl groups is 1. The van der Waals surface area contributed by atoms with E-state index < -0.39 is 27.3 Å². The Bertz CT molecular complexity index is 1060. The molecular weight excluding hydrogens is 425 g/mol. The molecule has 1 aromatic heterocycles. The molecule has 8 nitrogen and oxygen atoms in total. The summed E-state index contributed by atoms with van der Waals surface area (Å²) < 4.78 is 46.0. The number of aromatic nitrogens is 1. The van der Waals surface area contributed by atoms with E-state index in [4.69, 9.17) is 16.3 Å². The van der Waals surface area contributed by atoms with Gasteiger partial charge in [0.2, 0.25) is 5.88 Å². The second-order valence-corrected chi connectivity index (χ2v) is 9.31. The van der Waals surface area contributed by atoms with Crippen LogP contribution in [0.15, 0.2) is 35.4 Å². The van der Waals surface area contributed by atoms with Gasteiger partial charge in [0.25, 0.3) is 15.9 Å². The summed E-state index contributed by atoms with van der Waals surface area (Å²) in [7, 11) is -4.10. The molecule has 0 radical (unpaired) electrons. The first-order valence-corrected chi connectivity index (χ1v) is 10.4. The van der Waals surface area contributed by atoms with Crippen molar-refractivity contribution in [3.8, 4) is 5.88 Å². The Hall–Kier alpha value is -2.43. The van der Waals surface area contributed by atoms with Crippen molar-refractivity contribution in [3.63, 3.8) is 0 Å². The van der Waals surface area contributed by atoms with Crippen LogP contribution in [0.5, 0.6) is 5.88 Å². The fraction of sp³-hybridized carbons (Fsp3) is 0.333. The number of hydrogen-bond acceptors (Lipinski definition) is 6. The van der Waals surface area contributed by atoms with Gasteiger partial charge in [0.1, 0.15) is 18.1 Å². The predicted molar refractivity (Wildman–Crippen MR) is 104 cm³/mol. The number of pyridine rings is 1. The Kier molecular flexibility index (Phi) is 5.70. The van der Waals surface area contributed by atoms with Gasteiger partial charge in [-0.1, -0.05) is 11.6 Å². The van der Waals surface area contributed by atoms with E-state index in [-0.39, 0.29) is 46.7 Å². The molecule has 0 atom stereocenters. The van der Waals surface area contributed by atoms with Crippen LogP contribution in [0.2, 0.25) is 5.02 Å². The Balaban J connectivity index is 1.96. The number of nitrogens with zero attached hydrogens (tertiary/aromatic N) is 2. The normalized spacial score (nSPS) is 14.2. The number of carbonyl (C=O) groups excluding carboxylic acids is 1. The monoisotopic (exact) mass is 443 g/mol. The minimum absolute atomic E-state index is 0.00445. The summed E-state index contributed by atoms with van der Waals surface area (Å²) in [6.07, 6.45) is 1.25. The van der Waals surface area contributed by atoms with Crippen molar-refractivity contribution in [1.82, 2.24) is 10.3 Å². The van der Waals surface area contributed by atoms with Crippen LogP contribution in [0.4, 0.5) is 10.1 Å². The third-order valence-electron chi connectivity index (χ3n) is 4.06. The van der Waals surface area contributed by atoms with Gasteiger partial charge < -0.3 is 15.2 Å². The highest BCUT2D eigenvalue weighted by Crippen LogP contribution is 2.35. The lowest BCUT2D eigenvalue weighted by Crippen LogP contribution is -2.39. The summed E-state index contributed by atoms with van der Waals surface area (Å²) in [6.45, 7) is 3.09. The average molecular weight is 444 g/mol. The van der Waals surface area contributed by atoms with Crippen LogP contribution in [0.3, 0.4) is 0 Å². The predicted octanol–water partition coefficient (Wildman–Crippen LogP) is 1.96. The lowest BCUT2D eigenvalue weighted by atomic mass is 10.1. The molecule has 2 N–H and O–H groups in total. The number of sulfonamides is 1. The van der Waals surface area contributed by atoms with Crippen molar-refractivity contribution in [1.29, 1.82) is 0 Å². The third kappa shape index (κ3) is 4.60. The molecule has 0 spiro atoms. The van der Waals surface area contributed by atoms with Crippen molar-refractivity contribution in [2.24, 2.45) is 0 Å². The van der Waals surface area contributed by atoms with Crippen LogP contribution in [-0.4, -0.2) is 49.7 Å².